The van der Waals surface area contributed by atoms with Gasteiger partial charge in [-0.1, -0.05) is 60.3 Å². The lowest BCUT2D eigenvalue weighted by Gasteiger charge is -2.25. The SMILES string of the molecule is COC(=O)NC(=NC1=CC=C(C(=O)c2ccccc2)C(Cc2ccc(N(C)C)cc2)C1=N)SC. The lowest BCUT2D eigenvalue weighted by molar-refractivity contribution is 0.102. The molecule has 0 saturated carbocycles. The van der Waals surface area contributed by atoms with Gasteiger partial charge >= 0.3 is 6.09 Å². The monoisotopic (exact) mass is 476 g/mol. The van der Waals surface area contributed by atoms with E-state index in [4.69, 9.17) is 5.41 Å². The molecule has 3 rings (SSSR count). The second-order valence-corrected chi connectivity index (χ2v) is 8.63. The van der Waals surface area contributed by atoms with Gasteiger partial charge in [0.2, 0.25) is 0 Å². The van der Waals surface area contributed by atoms with E-state index in [1.54, 1.807) is 30.5 Å². The number of ketones is 1. The fourth-order valence-electron chi connectivity index (χ4n) is 3.55. The van der Waals surface area contributed by atoms with Crippen LogP contribution in [0.1, 0.15) is 15.9 Å². The van der Waals surface area contributed by atoms with Crippen molar-refractivity contribution in [3.8, 4) is 0 Å². The van der Waals surface area contributed by atoms with Crippen LogP contribution in [0.4, 0.5) is 10.5 Å². The summed E-state index contributed by atoms with van der Waals surface area (Å²) in [6.07, 6.45) is 5.00. The van der Waals surface area contributed by atoms with Crippen LogP contribution in [-0.2, 0) is 11.2 Å². The topological polar surface area (TPSA) is 94.8 Å². The van der Waals surface area contributed by atoms with Crippen LogP contribution in [0.15, 0.2) is 83.0 Å². The minimum Gasteiger partial charge on any atom is -0.453 e. The number of amidine groups is 1. The van der Waals surface area contributed by atoms with Crippen LogP contribution in [0.3, 0.4) is 0 Å². The number of amides is 1. The van der Waals surface area contributed by atoms with E-state index in [2.05, 4.69) is 15.0 Å². The van der Waals surface area contributed by atoms with Gasteiger partial charge in [0.25, 0.3) is 0 Å². The average molecular weight is 477 g/mol. The van der Waals surface area contributed by atoms with E-state index in [1.165, 1.54) is 18.9 Å². The molecule has 1 amide bonds. The highest BCUT2D eigenvalue weighted by molar-refractivity contribution is 8.13. The van der Waals surface area contributed by atoms with E-state index < -0.39 is 12.0 Å². The van der Waals surface area contributed by atoms with Crippen LogP contribution >= 0.6 is 11.8 Å². The average Bonchev–Trinajstić information content (AvgIpc) is 2.86. The molecule has 0 aliphatic heterocycles. The zero-order valence-corrected chi connectivity index (χ0v) is 20.5. The molecule has 7 nitrogen and oxygen atoms in total. The Bertz CT molecular complexity index is 1150. The molecule has 176 valence electrons. The van der Waals surface area contributed by atoms with Crippen LogP contribution < -0.4 is 10.2 Å². The maximum Gasteiger partial charge on any atom is 0.412 e. The second kappa shape index (κ2) is 11.5. The summed E-state index contributed by atoms with van der Waals surface area (Å²) in [6.45, 7) is 0. The molecule has 2 N–H and O–H groups in total. The van der Waals surface area contributed by atoms with Gasteiger partial charge in [-0.05, 0) is 36.4 Å². The molecule has 1 aliphatic rings. The maximum absolute atomic E-state index is 13.3. The number of carbonyl (C=O) groups is 2. The quantitative estimate of drug-likeness (QED) is 0.358. The number of rotatable bonds is 6. The molecule has 0 spiro atoms. The number of anilines is 1. The molecule has 34 heavy (non-hydrogen) atoms. The molecular formula is C26H28N4O3S. The first-order chi connectivity index (χ1) is 16.3. The fourth-order valence-corrected chi connectivity index (χ4v) is 3.92. The molecule has 0 bridgehead atoms. The third kappa shape index (κ3) is 6.02. The number of nitrogens with zero attached hydrogens (tertiary/aromatic N) is 2. The van der Waals surface area contributed by atoms with Gasteiger partial charge in [-0.2, -0.15) is 0 Å². The van der Waals surface area contributed by atoms with Crippen LogP contribution in [0.5, 0.6) is 0 Å². The van der Waals surface area contributed by atoms with Crippen molar-refractivity contribution >= 4 is 40.2 Å². The highest BCUT2D eigenvalue weighted by Gasteiger charge is 2.30. The smallest absolute Gasteiger partial charge is 0.412 e. The first-order valence-electron chi connectivity index (χ1n) is 10.7. The number of hydrogen-bond acceptors (Lipinski definition) is 7. The normalized spacial score (nSPS) is 15.8. The van der Waals surface area contributed by atoms with Crippen molar-refractivity contribution in [3.63, 3.8) is 0 Å². The largest absolute Gasteiger partial charge is 0.453 e. The molecule has 0 saturated heterocycles. The molecule has 8 heteroatoms. The lowest BCUT2D eigenvalue weighted by Crippen LogP contribution is -2.30. The van der Waals surface area contributed by atoms with Crippen molar-refractivity contribution in [1.29, 1.82) is 5.41 Å². The summed E-state index contributed by atoms with van der Waals surface area (Å²) in [5.41, 5.74) is 3.81. The van der Waals surface area contributed by atoms with Crippen LogP contribution in [-0.4, -0.2) is 50.2 Å². The van der Waals surface area contributed by atoms with E-state index in [9.17, 15) is 9.59 Å². The van der Waals surface area contributed by atoms with Crippen molar-refractivity contribution < 1.29 is 14.3 Å². The van der Waals surface area contributed by atoms with E-state index in [0.717, 1.165) is 11.3 Å². The third-order valence-electron chi connectivity index (χ3n) is 5.42. The standard InChI is InChI=1S/C26H28N4O3S/c1-30(2)19-12-10-17(11-13-19)16-21-20(24(31)18-8-6-5-7-9-18)14-15-22(23(21)27)28-25(34-4)29-26(32)33-3/h5-15,21,27H,16H2,1-4H3,(H,28,29,32). The Morgan fingerprint density at radius 1 is 1.09 bits per heavy atom. The summed E-state index contributed by atoms with van der Waals surface area (Å²) in [4.78, 5) is 31.4. The van der Waals surface area contributed by atoms with Crippen LogP contribution in [0.25, 0.3) is 0 Å². The van der Waals surface area contributed by atoms with Crippen molar-refractivity contribution in [2.75, 3.05) is 32.4 Å². The summed E-state index contributed by atoms with van der Waals surface area (Å²) in [5, 5.41) is 11.8. The molecule has 1 aliphatic carbocycles. The van der Waals surface area contributed by atoms with Gasteiger partial charge in [0.1, 0.15) is 0 Å². The zero-order chi connectivity index (χ0) is 24.7. The molecule has 0 aromatic heterocycles. The number of ether oxygens (including phenoxy) is 1. The first kappa shape index (κ1) is 25.0. The van der Waals surface area contributed by atoms with Crippen LogP contribution in [0.2, 0.25) is 0 Å². The van der Waals surface area contributed by atoms with Gasteiger partial charge in [0.15, 0.2) is 11.0 Å². The van der Waals surface area contributed by atoms with Gasteiger partial charge in [0.05, 0.1) is 18.5 Å². The lowest BCUT2D eigenvalue weighted by atomic mass is 9.80. The second-order valence-electron chi connectivity index (χ2n) is 7.84. The number of alkyl carbamates (subject to hydrolysis) is 1. The van der Waals surface area contributed by atoms with Crippen molar-refractivity contribution in [3.05, 3.63) is 89.1 Å². The Balaban J connectivity index is 1.98. The molecule has 1 unspecified atom stereocenters. The number of methoxy groups -OCH3 is 1. The number of nitrogens with one attached hydrogen (secondary N) is 2. The van der Waals surface area contributed by atoms with Crippen molar-refractivity contribution in [1.82, 2.24) is 5.32 Å². The summed E-state index contributed by atoms with van der Waals surface area (Å²) < 4.78 is 4.65. The summed E-state index contributed by atoms with van der Waals surface area (Å²) in [7, 11) is 5.23. The van der Waals surface area contributed by atoms with E-state index >= 15 is 0 Å². The van der Waals surface area contributed by atoms with Gasteiger partial charge in [-0.25, -0.2) is 9.79 Å². The fraction of sp³-hybridized carbons (Fsp3) is 0.231. The predicted octanol–water partition coefficient (Wildman–Crippen LogP) is 4.71. The highest BCUT2D eigenvalue weighted by Crippen LogP contribution is 2.30. The predicted molar refractivity (Wildman–Crippen MR) is 139 cm³/mol. The number of allylic oxidation sites excluding steroid dienone is 4. The molecule has 2 aromatic carbocycles. The van der Waals surface area contributed by atoms with Crippen molar-refractivity contribution in [2.45, 2.75) is 6.42 Å². The minimum absolute atomic E-state index is 0.114. The Hall–Kier alpha value is -3.65. The number of benzene rings is 2. The molecule has 0 heterocycles. The summed E-state index contributed by atoms with van der Waals surface area (Å²) in [6, 6.07) is 17.1. The third-order valence-corrected chi connectivity index (χ3v) is 6.00. The van der Waals surface area contributed by atoms with Crippen molar-refractivity contribution in [2.24, 2.45) is 10.9 Å². The molecular weight excluding hydrogens is 448 g/mol. The van der Waals surface area contributed by atoms with Gasteiger partial charge in [-0.15, -0.1) is 0 Å². The minimum atomic E-state index is -0.635. The summed E-state index contributed by atoms with van der Waals surface area (Å²) >= 11 is 1.23. The molecule has 0 radical (unpaired) electrons. The highest BCUT2D eigenvalue weighted by atomic mass is 32.2. The van der Waals surface area contributed by atoms with E-state index in [0.29, 0.717) is 28.4 Å². The Morgan fingerprint density at radius 3 is 2.35 bits per heavy atom. The van der Waals surface area contributed by atoms with Crippen LogP contribution in [0, 0.1) is 11.3 Å². The number of hydrogen-bond donors (Lipinski definition) is 2. The Kier molecular flexibility index (Phi) is 8.43. The number of carbonyl (C=O) groups excluding carboxylic acids is 2. The van der Waals surface area contributed by atoms with E-state index in [-0.39, 0.29) is 11.5 Å². The molecule has 0 fully saturated rings. The zero-order valence-electron chi connectivity index (χ0n) is 19.7. The molecule has 1 atom stereocenters. The number of thioether (sulfide) groups is 1. The summed E-state index contributed by atoms with van der Waals surface area (Å²) in [5.74, 6) is -0.597. The maximum atomic E-state index is 13.3. The Morgan fingerprint density at radius 2 is 1.76 bits per heavy atom. The van der Waals surface area contributed by atoms with E-state index in [1.807, 2.05) is 61.5 Å². The first-order valence-corrected chi connectivity index (χ1v) is 11.9. The number of aliphatic imine (C=N–C) groups is 1. The number of Topliss-reactive ketones (excluding diaryl/α,β-unsaturated/α-hetero) is 1. The van der Waals surface area contributed by atoms with Gasteiger partial charge in [-0.3, -0.25) is 10.1 Å². The van der Waals surface area contributed by atoms with Gasteiger partial charge < -0.3 is 15.0 Å². The molecule has 2 aromatic rings. The van der Waals surface area contributed by atoms with Gasteiger partial charge in [0, 0.05) is 36.8 Å². The Labute approximate surface area is 204 Å².